The highest BCUT2D eigenvalue weighted by molar-refractivity contribution is 6.07. The lowest BCUT2D eigenvalue weighted by Gasteiger charge is -2.15. The highest BCUT2D eigenvalue weighted by atomic mass is 19.3. The quantitative estimate of drug-likeness (QED) is 0.525. The Balaban J connectivity index is 1.70. The largest absolute Gasteiger partial charge is 0.493 e. The molecule has 1 saturated heterocycles. The normalized spacial score (nSPS) is 14.1. The summed E-state index contributed by atoms with van der Waals surface area (Å²) in [6.07, 6.45) is 4.34. The number of hydrogen-bond donors (Lipinski definition) is 0. The summed E-state index contributed by atoms with van der Waals surface area (Å²) in [5.41, 5.74) is 1.87. The van der Waals surface area contributed by atoms with Crippen LogP contribution in [0.25, 0.3) is 6.08 Å². The lowest BCUT2D eigenvalue weighted by molar-refractivity contribution is -0.117. The van der Waals surface area contributed by atoms with Gasteiger partial charge in [0.05, 0.1) is 7.11 Å². The summed E-state index contributed by atoms with van der Waals surface area (Å²) in [6, 6.07) is 11.3. The van der Waals surface area contributed by atoms with Gasteiger partial charge < -0.3 is 14.4 Å². The van der Waals surface area contributed by atoms with Crippen LogP contribution in [0.2, 0.25) is 0 Å². The predicted octanol–water partition coefficient (Wildman–Crippen LogP) is 4.32. The maximum Gasteiger partial charge on any atom is 0.387 e. The van der Waals surface area contributed by atoms with E-state index in [2.05, 4.69) is 4.74 Å². The molecule has 0 saturated carbocycles. The molecule has 0 aliphatic carbocycles. The van der Waals surface area contributed by atoms with Crippen LogP contribution in [0.15, 0.2) is 48.5 Å². The van der Waals surface area contributed by atoms with Crippen molar-refractivity contribution in [2.45, 2.75) is 19.5 Å². The molecular weight excluding hydrogens is 368 g/mol. The average Bonchev–Trinajstić information content (AvgIpc) is 3.12. The van der Waals surface area contributed by atoms with E-state index in [1.54, 1.807) is 41.3 Å². The van der Waals surface area contributed by atoms with E-state index in [0.717, 1.165) is 12.1 Å². The monoisotopic (exact) mass is 387 g/mol. The minimum absolute atomic E-state index is 0.0759. The molecule has 2 aromatic rings. The molecule has 1 fully saturated rings. The highest BCUT2D eigenvalue weighted by Crippen LogP contribution is 2.30. The summed E-state index contributed by atoms with van der Waals surface area (Å²) in [5.74, 6) is -0.0547. The van der Waals surface area contributed by atoms with Gasteiger partial charge in [-0.05, 0) is 54.5 Å². The molecule has 0 bridgehead atoms. The van der Waals surface area contributed by atoms with Gasteiger partial charge in [-0.1, -0.05) is 12.1 Å². The minimum Gasteiger partial charge on any atom is -0.493 e. The van der Waals surface area contributed by atoms with Crippen molar-refractivity contribution in [2.75, 3.05) is 18.6 Å². The van der Waals surface area contributed by atoms with E-state index in [-0.39, 0.29) is 23.2 Å². The number of ether oxygens (including phenoxy) is 2. The molecule has 3 rings (SSSR count). The molecule has 5 nitrogen and oxygen atoms in total. The number of allylic oxidation sites excluding steroid dienone is 1. The molecule has 28 heavy (non-hydrogen) atoms. The number of anilines is 1. The Bertz CT molecular complexity index is 894. The van der Waals surface area contributed by atoms with Crippen LogP contribution >= 0.6 is 0 Å². The second-order valence-corrected chi connectivity index (χ2v) is 6.18. The zero-order valence-electron chi connectivity index (χ0n) is 15.2. The molecule has 1 aliphatic rings. The molecular formula is C21H19F2NO4. The zero-order chi connectivity index (χ0) is 20.1. The summed E-state index contributed by atoms with van der Waals surface area (Å²) in [7, 11) is 1.35. The summed E-state index contributed by atoms with van der Waals surface area (Å²) in [4.78, 5) is 25.8. The van der Waals surface area contributed by atoms with Crippen molar-refractivity contribution in [3.05, 3.63) is 59.7 Å². The molecule has 1 amide bonds. The summed E-state index contributed by atoms with van der Waals surface area (Å²) >= 11 is 0. The fraction of sp³-hybridized carbons (Fsp3) is 0.238. The van der Waals surface area contributed by atoms with Crippen molar-refractivity contribution in [2.24, 2.45) is 0 Å². The van der Waals surface area contributed by atoms with Crippen molar-refractivity contribution in [1.29, 1.82) is 0 Å². The number of benzene rings is 2. The van der Waals surface area contributed by atoms with Crippen molar-refractivity contribution < 1.29 is 27.8 Å². The molecule has 0 N–H and O–H groups in total. The van der Waals surface area contributed by atoms with Gasteiger partial charge in [-0.25, -0.2) is 0 Å². The van der Waals surface area contributed by atoms with E-state index in [1.165, 1.54) is 25.3 Å². The molecule has 0 aromatic heterocycles. The van der Waals surface area contributed by atoms with Gasteiger partial charge in [-0.2, -0.15) is 8.78 Å². The van der Waals surface area contributed by atoms with Crippen LogP contribution in [-0.4, -0.2) is 32.0 Å². The molecule has 0 atom stereocenters. The van der Waals surface area contributed by atoms with Gasteiger partial charge in [0.15, 0.2) is 17.3 Å². The van der Waals surface area contributed by atoms with Crippen molar-refractivity contribution >= 4 is 23.5 Å². The number of alkyl halides is 2. The third-order valence-electron chi connectivity index (χ3n) is 4.37. The van der Waals surface area contributed by atoms with Crippen LogP contribution in [0, 0.1) is 0 Å². The maximum atomic E-state index is 12.4. The van der Waals surface area contributed by atoms with E-state index in [9.17, 15) is 18.4 Å². The Morgan fingerprint density at radius 1 is 1.14 bits per heavy atom. The molecule has 0 spiro atoms. The van der Waals surface area contributed by atoms with Crippen LogP contribution in [0.4, 0.5) is 14.5 Å². The van der Waals surface area contributed by atoms with Crippen LogP contribution in [0.5, 0.6) is 11.5 Å². The summed E-state index contributed by atoms with van der Waals surface area (Å²) in [5, 5.41) is 0. The van der Waals surface area contributed by atoms with Crippen LogP contribution in [0.3, 0.4) is 0 Å². The van der Waals surface area contributed by atoms with E-state index >= 15 is 0 Å². The molecule has 1 heterocycles. The highest BCUT2D eigenvalue weighted by Gasteiger charge is 2.21. The van der Waals surface area contributed by atoms with Crippen molar-refractivity contribution in [3.8, 4) is 11.5 Å². The van der Waals surface area contributed by atoms with Gasteiger partial charge in [0.25, 0.3) is 0 Å². The predicted molar refractivity (Wildman–Crippen MR) is 101 cm³/mol. The first-order valence-corrected chi connectivity index (χ1v) is 8.73. The van der Waals surface area contributed by atoms with Gasteiger partial charge in [0.2, 0.25) is 5.91 Å². The number of carbonyl (C=O) groups excluding carboxylic acids is 2. The average molecular weight is 387 g/mol. The number of halogens is 2. The summed E-state index contributed by atoms with van der Waals surface area (Å²) in [6.45, 7) is -2.25. The second kappa shape index (κ2) is 8.65. The topological polar surface area (TPSA) is 55.8 Å². The van der Waals surface area contributed by atoms with E-state index < -0.39 is 6.61 Å². The number of hydrogen-bond acceptors (Lipinski definition) is 4. The van der Waals surface area contributed by atoms with Crippen LogP contribution in [0.1, 0.15) is 28.8 Å². The number of nitrogens with zero attached hydrogens (tertiary/aromatic N) is 1. The van der Waals surface area contributed by atoms with Crippen molar-refractivity contribution in [3.63, 3.8) is 0 Å². The Hall–Kier alpha value is -3.22. The summed E-state index contributed by atoms with van der Waals surface area (Å²) < 4.78 is 34.1. The van der Waals surface area contributed by atoms with Crippen LogP contribution < -0.4 is 14.4 Å². The molecule has 0 unspecified atom stereocenters. The minimum atomic E-state index is -2.95. The SMILES string of the molecule is COc1cc(/C=C\C(=O)c2ccc(N3CCCC3=O)cc2)ccc1OC(F)F. The molecule has 146 valence electrons. The molecule has 1 aliphatic heterocycles. The number of ketones is 1. The van der Waals surface area contributed by atoms with E-state index in [1.807, 2.05) is 0 Å². The van der Waals surface area contributed by atoms with Gasteiger partial charge >= 0.3 is 6.61 Å². The molecule has 2 aromatic carbocycles. The fourth-order valence-corrected chi connectivity index (χ4v) is 2.98. The molecule has 7 heteroatoms. The Morgan fingerprint density at radius 3 is 2.50 bits per heavy atom. The fourth-order valence-electron chi connectivity index (χ4n) is 2.98. The lowest BCUT2D eigenvalue weighted by Crippen LogP contribution is -2.23. The number of rotatable bonds is 7. The van der Waals surface area contributed by atoms with Crippen molar-refractivity contribution in [1.82, 2.24) is 0 Å². The Morgan fingerprint density at radius 2 is 1.89 bits per heavy atom. The van der Waals surface area contributed by atoms with Gasteiger partial charge in [-0.3, -0.25) is 9.59 Å². The maximum absolute atomic E-state index is 12.4. The standard InChI is InChI=1S/C21H19F2NO4/c1-27-19-13-14(5-11-18(19)28-21(22)23)4-10-17(25)15-6-8-16(9-7-15)24-12-2-3-20(24)26/h4-11,13,21H,2-3,12H2,1H3/b10-4-. The first-order chi connectivity index (χ1) is 13.5. The van der Waals surface area contributed by atoms with Gasteiger partial charge in [-0.15, -0.1) is 0 Å². The smallest absolute Gasteiger partial charge is 0.387 e. The third kappa shape index (κ3) is 4.54. The van der Waals surface area contributed by atoms with Gasteiger partial charge in [0.1, 0.15) is 0 Å². The van der Waals surface area contributed by atoms with Crippen LogP contribution in [-0.2, 0) is 4.79 Å². The first-order valence-electron chi connectivity index (χ1n) is 8.73. The Kier molecular flexibility index (Phi) is 6.03. The van der Waals surface area contributed by atoms with E-state index in [0.29, 0.717) is 24.1 Å². The molecule has 0 radical (unpaired) electrons. The number of carbonyl (C=O) groups is 2. The Labute approximate surface area is 161 Å². The number of amides is 1. The lowest BCUT2D eigenvalue weighted by atomic mass is 10.1. The first kappa shape index (κ1) is 19.5. The van der Waals surface area contributed by atoms with E-state index in [4.69, 9.17) is 4.74 Å². The zero-order valence-corrected chi connectivity index (χ0v) is 15.2. The number of methoxy groups -OCH3 is 1. The third-order valence-corrected chi connectivity index (χ3v) is 4.37. The second-order valence-electron chi connectivity index (χ2n) is 6.18. The van der Waals surface area contributed by atoms with Gasteiger partial charge in [0, 0.05) is 24.2 Å².